The second-order valence-electron chi connectivity index (χ2n) is 5.20. The number of dihydropyridines is 1. The van der Waals surface area contributed by atoms with Gasteiger partial charge in [-0.1, -0.05) is 0 Å². The first-order valence-corrected chi connectivity index (χ1v) is 6.68. The molecule has 3 aliphatic rings. The van der Waals surface area contributed by atoms with E-state index in [4.69, 9.17) is 5.73 Å². The first-order chi connectivity index (χ1) is 8.75. The van der Waals surface area contributed by atoms with E-state index in [1.807, 2.05) is 12.3 Å². The molecule has 5 heteroatoms. The van der Waals surface area contributed by atoms with Crippen molar-refractivity contribution >= 4 is 5.91 Å². The predicted molar refractivity (Wildman–Crippen MR) is 69.3 cm³/mol. The van der Waals surface area contributed by atoms with Crippen LogP contribution in [0.25, 0.3) is 0 Å². The van der Waals surface area contributed by atoms with Crippen molar-refractivity contribution < 1.29 is 4.79 Å². The fourth-order valence-electron chi connectivity index (χ4n) is 3.09. The van der Waals surface area contributed by atoms with Crippen LogP contribution in [-0.4, -0.2) is 47.9 Å². The Balaban J connectivity index is 1.74. The van der Waals surface area contributed by atoms with E-state index >= 15 is 0 Å². The van der Waals surface area contributed by atoms with Crippen LogP contribution in [0.3, 0.4) is 0 Å². The van der Waals surface area contributed by atoms with E-state index in [2.05, 4.69) is 15.1 Å². The lowest BCUT2D eigenvalue weighted by molar-refractivity contribution is -0.138. The lowest BCUT2D eigenvalue weighted by atomic mass is 9.98. The maximum absolute atomic E-state index is 11.8. The van der Waals surface area contributed by atoms with Gasteiger partial charge in [0.2, 0.25) is 5.91 Å². The molecule has 0 spiro atoms. The number of fused-ring (bicyclic) bond motifs is 1. The number of nitrogens with two attached hydrogens (primary N) is 1. The number of amides is 1. The van der Waals surface area contributed by atoms with Gasteiger partial charge in [0.05, 0.1) is 17.9 Å². The van der Waals surface area contributed by atoms with E-state index in [1.165, 1.54) is 0 Å². The largest absolute Gasteiger partial charge is 0.399 e. The van der Waals surface area contributed by atoms with Crippen LogP contribution in [0.5, 0.6) is 0 Å². The molecule has 0 saturated carbocycles. The van der Waals surface area contributed by atoms with Crippen LogP contribution < -0.4 is 11.1 Å². The van der Waals surface area contributed by atoms with Crippen molar-refractivity contribution in [2.24, 2.45) is 5.73 Å². The first kappa shape index (κ1) is 11.4. The Kier molecular flexibility index (Phi) is 2.89. The molecule has 0 aliphatic carbocycles. The molecule has 3 N–H and O–H groups in total. The Morgan fingerprint density at radius 3 is 3.11 bits per heavy atom. The van der Waals surface area contributed by atoms with Gasteiger partial charge in [-0.05, 0) is 25.1 Å². The van der Waals surface area contributed by atoms with E-state index < -0.39 is 0 Å². The Bertz CT molecular complexity index is 415. The summed E-state index contributed by atoms with van der Waals surface area (Å²) in [6.07, 6.45) is 6.87. The Labute approximate surface area is 107 Å². The summed E-state index contributed by atoms with van der Waals surface area (Å²) in [6, 6.07) is 0.378. The molecule has 0 aromatic carbocycles. The number of hydrogen-bond donors (Lipinski definition) is 2. The van der Waals surface area contributed by atoms with Gasteiger partial charge in [0.25, 0.3) is 0 Å². The van der Waals surface area contributed by atoms with Gasteiger partial charge in [0.15, 0.2) is 0 Å². The van der Waals surface area contributed by atoms with E-state index in [1.54, 1.807) is 0 Å². The van der Waals surface area contributed by atoms with Crippen LogP contribution in [0, 0.1) is 0 Å². The Morgan fingerprint density at radius 1 is 1.39 bits per heavy atom. The summed E-state index contributed by atoms with van der Waals surface area (Å²) in [5.74, 6) is 0.328. The number of rotatable bonds is 1. The third kappa shape index (κ3) is 1.94. The lowest BCUT2D eigenvalue weighted by Crippen LogP contribution is -2.56. The maximum Gasteiger partial charge on any atom is 0.222 e. The topological polar surface area (TPSA) is 61.6 Å². The third-order valence-corrected chi connectivity index (χ3v) is 4.05. The van der Waals surface area contributed by atoms with Crippen LogP contribution in [0.2, 0.25) is 0 Å². The molecule has 0 bridgehead atoms. The predicted octanol–water partition coefficient (Wildman–Crippen LogP) is -0.0297. The minimum absolute atomic E-state index is 0.328. The van der Waals surface area contributed by atoms with Gasteiger partial charge >= 0.3 is 0 Å². The maximum atomic E-state index is 11.8. The standard InChI is InChI=1S/C13H20N4O/c14-11-8-15-5-4-12(11)16-6-7-17-10(9-16)2-1-3-13(17)18/h4-5,10,15H,1-3,6-9,14H2. The molecule has 1 atom stereocenters. The highest BCUT2D eigenvalue weighted by atomic mass is 16.2. The van der Waals surface area contributed by atoms with Crippen molar-refractivity contribution in [3.05, 3.63) is 23.7 Å². The van der Waals surface area contributed by atoms with Gasteiger partial charge in [0.1, 0.15) is 0 Å². The lowest BCUT2D eigenvalue weighted by Gasteiger charge is -2.45. The van der Waals surface area contributed by atoms with Gasteiger partial charge in [-0.2, -0.15) is 0 Å². The van der Waals surface area contributed by atoms with Gasteiger partial charge in [-0.15, -0.1) is 0 Å². The highest BCUT2D eigenvalue weighted by Gasteiger charge is 2.33. The zero-order valence-corrected chi connectivity index (χ0v) is 10.6. The van der Waals surface area contributed by atoms with Crippen LogP contribution in [0.15, 0.2) is 23.7 Å². The van der Waals surface area contributed by atoms with Gasteiger partial charge in [-0.3, -0.25) is 4.79 Å². The van der Waals surface area contributed by atoms with Crippen LogP contribution in [-0.2, 0) is 4.79 Å². The van der Waals surface area contributed by atoms with Crippen molar-refractivity contribution in [2.75, 3.05) is 26.2 Å². The number of nitrogens with one attached hydrogen (secondary N) is 1. The summed E-state index contributed by atoms with van der Waals surface area (Å²) in [7, 11) is 0. The summed E-state index contributed by atoms with van der Waals surface area (Å²) in [5.41, 5.74) is 8.08. The summed E-state index contributed by atoms with van der Waals surface area (Å²) < 4.78 is 0. The average Bonchev–Trinajstić information content (AvgIpc) is 2.39. The van der Waals surface area contributed by atoms with Crippen LogP contribution >= 0.6 is 0 Å². The normalized spacial score (nSPS) is 28.2. The molecular formula is C13H20N4O. The highest BCUT2D eigenvalue weighted by Crippen LogP contribution is 2.25. The van der Waals surface area contributed by atoms with Crippen molar-refractivity contribution in [3.63, 3.8) is 0 Å². The smallest absolute Gasteiger partial charge is 0.222 e. The van der Waals surface area contributed by atoms with E-state index in [0.29, 0.717) is 11.9 Å². The van der Waals surface area contributed by atoms with Crippen molar-refractivity contribution in [2.45, 2.75) is 25.3 Å². The molecule has 3 heterocycles. The fraction of sp³-hybridized carbons (Fsp3) is 0.615. The molecule has 2 saturated heterocycles. The molecule has 5 nitrogen and oxygen atoms in total. The first-order valence-electron chi connectivity index (χ1n) is 6.68. The third-order valence-electron chi connectivity index (χ3n) is 4.05. The van der Waals surface area contributed by atoms with Crippen LogP contribution in [0.1, 0.15) is 19.3 Å². The van der Waals surface area contributed by atoms with Crippen molar-refractivity contribution in [1.29, 1.82) is 0 Å². The average molecular weight is 248 g/mol. The van der Waals surface area contributed by atoms with Crippen LogP contribution in [0.4, 0.5) is 0 Å². The number of piperidine rings is 1. The molecule has 3 rings (SSSR count). The number of nitrogens with zero attached hydrogens (tertiary/aromatic N) is 2. The molecule has 1 amide bonds. The van der Waals surface area contributed by atoms with Gasteiger partial charge in [0, 0.05) is 32.1 Å². The summed E-state index contributed by atoms with van der Waals surface area (Å²) in [4.78, 5) is 16.2. The number of carbonyl (C=O) groups is 1. The SMILES string of the molecule is NC1=C(N2CCN3C(=O)CCCC3C2)C=CNC1. The second-order valence-corrected chi connectivity index (χ2v) is 5.20. The van der Waals surface area contributed by atoms with Gasteiger partial charge < -0.3 is 20.9 Å². The van der Waals surface area contributed by atoms with Crippen molar-refractivity contribution in [3.8, 4) is 0 Å². The summed E-state index contributed by atoms with van der Waals surface area (Å²) in [5, 5.41) is 3.11. The van der Waals surface area contributed by atoms with E-state index in [0.717, 1.165) is 56.8 Å². The minimum atomic E-state index is 0.328. The number of carbonyl (C=O) groups excluding carboxylic acids is 1. The highest BCUT2D eigenvalue weighted by molar-refractivity contribution is 5.77. The molecule has 98 valence electrons. The molecule has 2 fully saturated rings. The van der Waals surface area contributed by atoms with E-state index in [-0.39, 0.29) is 0 Å². The molecule has 0 radical (unpaired) electrons. The quantitative estimate of drug-likeness (QED) is 0.684. The molecule has 0 aromatic heterocycles. The second kappa shape index (κ2) is 4.55. The molecule has 3 aliphatic heterocycles. The monoisotopic (exact) mass is 248 g/mol. The Morgan fingerprint density at radius 2 is 2.28 bits per heavy atom. The number of allylic oxidation sites excluding steroid dienone is 1. The zero-order valence-electron chi connectivity index (χ0n) is 10.6. The summed E-state index contributed by atoms with van der Waals surface area (Å²) >= 11 is 0. The number of hydrogen-bond acceptors (Lipinski definition) is 4. The van der Waals surface area contributed by atoms with Crippen molar-refractivity contribution in [1.82, 2.24) is 15.1 Å². The fourth-order valence-corrected chi connectivity index (χ4v) is 3.09. The number of piperazine rings is 1. The molecular weight excluding hydrogens is 228 g/mol. The Hall–Kier alpha value is -1.65. The summed E-state index contributed by atoms with van der Waals surface area (Å²) in [6.45, 7) is 3.37. The minimum Gasteiger partial charge on any atom is -0.399 e. The molecule has 18 heavy (non-hydrogen) atoms. The zero-order chi connectivity index (χ0) is 12.5. The molecule has 1 unspecified atom stereocenters. The van der Waals surface area contributed by atoms with Gasteiger partial charge in [-0.25, -0.2) is 0 Å². The van der Waals surface area contributed by atoms with E-state index in [9.17, 15) is 4.79 Å². The molecule has 0 aromatic rings.